The second-order valence-electron chi connectivity index (χ2n) is 1.08. The molecule has 0 saturated heterocycles. The molecule has 0 amide bonds. The molecule has 42 valence electrons. The van der Waals surface area contributed by atoms with Gasteiger partial charge in [-0.25, -0.2) is 0 Å². The van der Waals surface area contributed by atoms with Crippen molar-refractivity contribution >= 4 is 43.0 Å². The highest BCUT2D eigenvalue weighted by Gasteiger charge is 1.98. The van der Waals surface area contributed by atoms with Crippen LogP contribution in [-0.4, -0.2) is 9.70 Å². The standard InChI is InChI=1S/C3H6OS3/c4-2(5)1-3(6)7/h3,6-7H,1H2,(H,4,5). The molecule has 1 nitrogen and oxygen atoms in total. The SMILES string of the molecule is O=C(S)CC(S)S. The zero-order valence-corrected chi connectivity index (χ0v) is 6.22. The third kappa shape index (κ3) is 6.72. The highest BCUT2D eigenvalue weighted by molar-refractivity contribution is 8.00. The maximum Gasteiger partial charge on any atom is 0.187 e. The Labute approximate surface area is 59.1 Å². The normalized spacial score (nSPS) is 9.71. The predicted octanol–water partition coefficient (Wildman–Crippen LogP) is 1.02. The molecule has 0 atom stereocenters. The maximum atomic E-state index is 10.0. The quantitative estimate of drug-likeness (QED) is 0.400. The molecule has 0 aromatic rings. The minimum atomic E-state index is -0.171. The number of rotatable bonds is 2. The van der Waals surface area contributed by atoms with Crippen molar-refractivity contribution in [2.24, 2.45) is 0 Å². The van der Waals surface area contributed by atoms with Gasteiger partial charge in [0.15, 0.2) is 5.12 Å². The Morgan fingerprint density at radius 1 is 1.57 bits per heavy atom. The van der Waals surface area contributed by atoms with Gasteiger partial charge in [-0.3, -0.25) is 4.79 Å². The van der Waals surface area contributed by atoms with Gasteiger partial charge in [0.25, 0.3) is 0 Å². The summed E-state index contributed by atoms with van der Waals surface area (Å²) in [6.45, 7) is 0. The van der Waals surface area contributed by atoms with Crippen LogP contribution in [0.15, 0.2) is 0 Å². The lowest BCUT2D eigenvalue weighted by atomic mass is 10.5. The third-order valence-corrected chi connectivity index (χ3v) is 0.905. The number of carbonyl (C=O) groups excluding carboxylic acids is 1. The molecule has 0 aliphatic carbocycles. The fourth-order valence-electron chi connectivity index (χ4n) is 0.156. The highest BCUT2D eigenvalue weighted by atomic mass is 32.2. The average Bonchev–Trinajstić information content (AvgIpc) is 1.27. The second-order valence-corrected chi connectivity index (χ2v) is 3.23. The van der Waals surface area contributed by atoms with Crippen LogP contribution in [0.25, 0.3) is 0 Å². The van der Waals surface area contributed by atoms with Crippen LogP contribution in [0.5, 0.6) is 0 Å². The molecule has 4 heteroatoms. The van der Waals surface area contributed by atoms with E-state index in [-0.39, 0.29) is 9.70 Å². The van der Waals surface area contributed by atoms with E-state index < -0.39 is 0 Å². The van der Waals surface area contributed by atoms with Gasteiger partial charge in [0, 0.05) is 6.42 Å². The molecule has 0 aliphatic rings. The molecular weight excluding hydrogens is 148 g/mol. The molecule has 0 fully saturated rings. The number of hydrogen-bond donors (Lipinski definition) is 3. The van der Waals surface area contributed by atoms with E-state index in [1.54, 1.807) is 0 Å². The number of hydrogen-bond acceptors (Lipinski definition) is 3. The van der Waals surface area contributed by atoms with Gasteiger partial charge in [-0.05, 0) is 0 Å². The summed E-state index contributed by atoms with van der Waals surface area (Å²) in [6, 6.07) is 0. The second kappa shape index (κ2) is 3.69. The van der Waals surface area contributed by atoms with Crippen LogP contribution in [0, 0.1) is 0 Å². The lowest BCUT2D eigenvalue weighted by Gasteiger charge is -1.93. The Morgan fingerprint density at radius 2 is 2.00 bits per heavy atom. The summed E-state index contributed by atoms with van der Waals surface area (Å²) in [6.07, 6.45) is 0.315. The van der Waals surface area contributed by atoms with Crippen LogP contribution in [0.4, 0.5) is 0 Å². The van der Waals surface area contributed by atoms with Gasteiger partial charge in [-0.2, -0.15) is 25.3 Å². The molecule has 0 aromatic carbocycles. The Kier molecular flexibility index (Phi) is 4.07. The lowest BCUT2D eigenvalue weighted by Crippen LogP contribution is -1.93. The fraction of sp³-hybridized carbons (Fsp3) is 0.667. The van der Waals surface area contributed by atoms with Crippen LogP contribution in [-0.2, 0) is 4.79 Å². The van der Waals surface area contributed by atoms with Crippen molar-refractivity contribution in [3.8, 4) is 0 Å². The van der Waals surface area contributed by atoms with Gasteiger partial charge >= 0.3 is 0 Å². The molecule has 0 aliphatic heterocycles. The fourth-order valence-corrected chi connectivity index (χ4v) is 0.958. The average molecular weight is 154 g/mol. The molecule has 0 unspecified atom stereocenters. The van der Waals surface area contributed by atoms with E-state index in [1.165, 1.54) is 0 Å². The third-order valence-electron chi connectivity index (χ3n) is 0.357. The van der Waals surface area contributed by atoms with E-state index >= 15 is 0 Å². The molecule has 0 N–H and O–H groups in total. The molecule has 0 rings (SSSR count). The zero-order valence-electron chi connectivity index (χ0n) is 3.53. The molecule has 7 heavy (non-hydrogen) atoms. The Balaban J connectivity index is 3.13. The minimum Gasteiger partial charge on any atom is -0.287 e. The molecule has 0 aromatic heterocycles. The molecule has 0 radical (unpaired) electrons. The summed E-state index contributed by atoms with van der Waals surface area (Å²) in [4.78, 5) is 10.0. The Morgan fingerprint density at radius 3 is 2.00 bits per heavy atom. The van der Waals surface area contributed by atoms with Crippen LogP contribution >= 0.6 is 37.9 Å². The van der Waals surface area contributed by atoms with Gasteiger partial charge in [-0.1, -0.05) is 0 Å². The van der Waals surface area contributed by atoms with Gasteiger partial charge in [-0.15, -0.1) is 12.6 Å². The molecule has 0 spiro atoms. The summed E-state index contributed by atoms with van der Waals surface area (Å²) < 4.78 is -0.162. The van der Waals surface area contributed by atoms with Crippen LogP contribution in [0.3, 0.4) is 0 Å². The van der Waals surface area contributed by atoms with E-state index in [2.05, 4.69) is 37.9 Å². The van der Waals surface area contributed by atoms with E-state index in [0.29, 0.717) is 6.42 Å². The molecule has 0 heterocycles. The topological polar surface area (TPSA) is 17.1 Å². The molecule has 0 saturated carbocycles. The van der Waals surface area contributed by atoms with Gasteiger partial charge in [0.2, 0.25) is 0 Å². The van der Waals surface area contributed by atoms with Crippen molar-refractivity contribution in [2.45, 2.75) is 11.0 Å². The summed E-state index contributed by atoms with van der Waals surface area (Å²) in [5, 5.41) is -0.171. The van der Waals surface area contributed by atoms with Crippen molar-refractivity contribution in [2.75, 3.05) is 0 Å². The largest absolute Gasteiger partial charge is 0.287 e. The monoisotopic (exact) mass is 154 g/mol. The van der Waals surface area contributed by atoms with Crippen molar-refractivity contribution in [1.82, 2.24) is 0 Å². The summed E-state index contributed by atoms with van der Waals surface area (Å²) in [7, 11) is 0. The van der Waals surface area contributed by atoms with E-state index in [0.717, 1.165) is 0 Å². The maximum absolute atomic E-state index is 10.0. The number of carbonyl (C=O) groups is 1. The lowest BCUT2D eigenvalue weighted by molar-refractivity contribution is -0.110. The van der Waals surface area contributed by atoms with Crippen LogP contribution < -0.4 is 0 Å². The summed E-state index contributed by atoms with van der Waals surface area (Å²) in [5.41, 5.74) is 0. The predicted molar refractivity (Wildman–Crippen MR) is 40.4 cm³/mol. The van der Waals surface area contributed by atoms with Crippen LogP contribution in [0.1, 0.15) is 6.42 Å². The van der Waals surface area contributed by atoms with E-state index in [1.807, 2.05) is 0 Å². The Hall–Kier alpha value is 0.720. The highest BCUT2D eigenvalue weighted by Crippen LogP contribution is 2.06. The molecular formula is C3H6OS3. The van der Waals surface area contributed by atoms with E-state index in [4.69, 9.17) is 0 Å². The van der Waals surface area contributed by atoms with Crippen molar-refractivity contribution in [3.63, 3.8) is 0 Å². The van der Waals surface area contributed by atoms with Crippen molar-refractivity contribution in [3.05, 3.63) is 0 Å². The van der Waals surface area contributed by atoms with Crippen molar-refractivity contribution in [1.29, 1.82) is 0 Å². The first-order valence-electron chi connectivity index (χ1n) is 1.71. The first kappa shape index (κ1) is 7.72. The van der Waals surface area contributed by atoms with Gasteiger partial charge < -0.3 is 0 Å². The summed E-state index contributed by atoms with van der Waals surface area (Å²) in [5.74, 6) is 0. The number of thiol groups is 3. The molecule has 0 bridgehead atoms. The first-order valence-corrected chi connectivity index (χ1v) is 3.19. The van der Waals surface area contributed by atoms with Crippen molar-refractivity contribution < 1.29 is 4.79 Å². The summed E-state index contributed by atoms with van der Waals surface area (Å²) >= 11 is 11.2. The Bertz CT molecular complexity index is 70.6. The van der Waals surface area contributed by atoms with E-state index in [9.17, 15) is 4.79 Å². The minimum absolute atomic E-state index is 0.162. The zero-order chi connectivity index (χ0) is 5.86. The van der Waals surface area contributed by atoms with Gasteiger partial charge in [0.1, 0.15) is 0 Å². The smallest absolute Gasteiger partial charge is 0.187 e. The van der Waals surface area contributed by atoms with Gasteiger partial charge in [0.05, 0.1) is 4.58 Å². The van der Waals surface area contributed by atoms with Crippen LogP contribution in [0.2, 0.25) is 0 Å². The first-order chi connectivity index (χ1) is 3.13.